The van der Waals surface area contributed by atoms with Gasteiger partial charge in [-0.05, 0) is 55.3 Å². The maximum atomic E-state index is 13.8. The van der Waals surface area contributed by atoms with Gasteiger partial charge in [-0.25, -0.2) is 4.68 Å². The lowest BCUT2D eigenvalue weighted by atomic mass is 9.87. The maximum absolute atomic E-state index is 13.8. The summed E-state index contributed by atoms with van der Waals surface area (Å²) in [5, 5.41) is 7.89. The lowest BCUT2D eigenvalue weighted by molar-refractivity contribution is -0.123. The molecule has 0 unspecified atom stereocenters. The molecule has 0 bridgehead atoms. The van der Waals surface area contributed by atoms with Crippen LogP contribution in [0.3, 0.4) is 0 Å². The van der Waals surface area contributed by atoms with Crippen LogP contribution in [0.5, 0.6) is 17.2 Å². The standard InChI is InChI=1S/C31H40N4O5S/c1-9-19(2)32-25(36)17-34-26(37)18-41-28(20-10-15-23(39-7)24(16-20)40-8)27-29(31(3,4)5)33-35(30(27)34)21-11-13-22(38-6)14-12-21/h10-16,19,28H,9,17-18H2,1-8H3,(H,32,36)/t19-,28+/m1/s1. The Morgan fingerprint density at radius 3 is 2.34 bits per heavy atom. The molecule has 2 atom stereocenters. The van der Waals surface area contributed by atoms with Crippen molar-refractivity contribution in [3.63, 3.8) is 0 Å². The first-order chi connectivity index (χ1) is 19.5. The zero-order valence-corrected chi connectivity index (χ0v) is 25.9. The number of hydrogen-bond acceptors (Lipinski definition) is 7. The molecule has 2 heterocycles. The third-order valence-electron chi connectivity index (χ3n) is 7.15. The normalized spacial score (nSPS) is 16.0. The zero-order valence-electron chi connectivity index (χ0n) is 25.1. The first-order valence-corrected chi connectivity index (χ1v) is 14.8. The Kier molecular flexibility index (Phi) is 9.21. The fourth-order valence-electron chi connectivity index (χ4n) is 4.82. The van der Waals surface area contributed by atoms with E-state index in [2.05, 4.69) is 26.1 Å². The van der Waals surface area contributed by atoms with Crippen LogP contribution in [0.1, 0.15) is 63.1 Å². The Balaban J connectivity index is 1.99. The number of methoxy groups -OCH3 is 3. The Bertz CT molecular complexity index is 1400. The minimum absolute atomic E-state index is 0.00503. The van der Waals surface area contributed by atoms with E-state index in [9.17, 15) is 9.59 Å². The van der Waals surface area contributed by atoms with E-state index in [0.29, 0.717) is 23.1 Å². The van der Waals surface area contributed by atoms with Crippen molar-refractivity contribution in [2.45, 2.75) is 57.7 Å². The highest BCUT2D eigenvalue weighted by Crippen LogP contribution is 2.49. The van der Waals surface area contributed by atoms with Crippen LogP contribution in [0.25, 0.3) is 5.69 Å². The first kappa shape index (κ1) is 30.3. The second kappa shape index (κ2) is 12.5. The van der Waals surface area contributed by atoms with Gasteiger partial charge in [0.25, 0.3) is 0 Å². The smallest absolute Gasteiger partial charge is 0.240 e. The fourth-order valence-corrected chi connectivity index (χ4v) is 6.01. The van der Waals surface area contributed by atoms with E-state index in [1.807, 2.05) is 56.3 Å². The zero-order chi connectivity index (χ0) is 29.9. The van der Waals surface area contributed by atoms with Gasteiger partial charge in [0, 0.05) is 17.0 Å². The van der Waals surface area contributed by atoms with Crippen LogP contribution in [-0.4, -0.2) is 61.3 Å². The number of aromatic nitrogens is 2. The summed E-state index contributed by atoms with van der Waals surface area (Å²) in [6.45, 7) is 10.2. The topological polar surface area (TPSA) is 94.9 Å². The number of hydrogen-bond donors (Lipinski definition) is 1. The molecule has 0 spiro atoms. The highest BCUT2D eigenvalue weighted by atomic mass is 32.2. The lowest BCUT2D eigenvalue weighted by Gasteiger charge is -2.25. The Morgan fingerprint density at radius 2 is 1.76 bits per heavy atom. The third kappa shape index (κ3) is 6.32. The molecule has 3 aromatic rings. The molecule has 9 nitrogen and oxygen atoms in total. The molecule has 1 N–H and O–H groups in total. The molecule has 220 valence electrons. The molecule has 2 aromatic carbocycles. The van der Waals surface area contributed by atoms with Crippen molar-refractivity contribution >= 4 is 29.4 Å². The monoisotopic (exact) mass is 580 g/mol. The summed E-state index contributed by atoms with van der Waals surface area (Å²) in [4.78, 5) is 28.6. The minimum Gasteiger partial charge on any atom is -0.497 e. The minimum atomic E-state index is -0.366. The van der Waals surface area contributed by atoms with Gasteiger partial charge in [-0.2, -0.15) is 5.10 Å². The third-order valence-corrected chi connectivity index (χ3v) is 8.40. The molecule has 0 radical (unpaired) electrons. The summed E-state index contributed by atoms with van der Waals surface area (Å²) in [6, 6.07) is 13.4. The molecule has 1 aliphatic rings. The van der Waals surface area contributed by atoms with Crippen LogP contribution in [0, 0.1) is 0 Å². The number of fused-ring (bicyclic) bond motifs is 1. The largest absolute Gasteiger partial charge is 0.497 e. The number of nitrogens with one attached hydrogen (secondary N) is 1. The van der Waals surface area contributed by atoms with E-state index in [1.54, 1.807) is 30.9 Å². The second-order valence-corrected chi connectivity index (χ2v) is 12.2. The van der Waals surface area contributed by atoms with Gasteiger partial charge in [0.2, 0.25) is 11.8 Å². The van der Waals surface area contributed by atoms with Gasteiger partial charge in [0.05, 0.1) is 43.7 Å². The number of nitrogens with zero attached hydrogens (tertiary/aromatic N) is 3. The van der Waals surface area contributed by atoms with E-state index in [1.165, 1.54) is 11.8 Å². The molecule has 0 fully saturated rings. The van der Waals surface area contributed by atoms with E-state index in [4.69, 9.17) is 19.3 Å². The van der Waals surface area contributed by atoms with Crippen LogP contribution >= 0.6 is 11.8 Å². The molecule has 1 aromatic heterocycles. The van der Waals surface area contributed by atoms with E-state index < -0.39 is 0 Å². The van der Waals surface area contributed by atoms with Crippen LogP contribution < -0.4 is 24.4 Å². The number of amides is 2. The summed E-state index contributed by atoms with van der Waals surface area (Å²) in [7, 11) is 4.83. The van der Waals surface area contributed by atoms with Crippen molar-refractivity contribution in [1.29, 1.82) is 0 Å². The average Bonchev–Trinajstić information content (AvgIpc) is 3.30. The van der Waals surface area contributed by atoms with Gasteiger partial charge < -0.3 is 19.5 Å². The van der Waals surface area contributed by atoms with Crippen molar-refractivity contribution in [2.75, 3.05) is 38.5 Å². The highest BCUT2D eigenvalue weighted by Gasteiger charge is 2.40. The quantitative estimate of drug-likeness (QED) is 0.368. The molecule has 2 amide bonds. The fraction of sp³-hybridized carbons (Fsp3) is 0.452. The maximum Gasteiger partial charge on any atom is 0.240 e. The van der Waals surface area contributed by atoms with Gasteiger partial charge in [-0.15, -0.1) is 11.8 Å². The predicted octanol–water partition coefficient (Wildman–Crippen LogP) is 5.28. The van der Waals surface area contributed by atoms with E-state index in [0.717, 1.165) is 28.9 Å². The van der Waals surface area contributed by atoms with Crippen LogP contribution in [0.2, 0.25) is 0 Å². The number of rotatable bonds is 9. The first-order valence-electron chi connectivity index (χ1n) is 13.7. The average molecular weight is 581 g/mol. The van der Waals surface area contributed by atoms with Crippen molar-refractivity contribution < 1.29 is 23.8 Å². The molecule has 1 aliphatic heterocycles. The number of benzene rings is 2. The molecule has 0 saturated carbocycles. The number of carbonyl (C=O) groups is 2. The van der Waals surface area contributed by atoms with Crippen molar-refractivity contribution in [3.05, 3.63) is 59.3 Å². The number of thioether (sulfide) groups is 1. The molecule has 10 heteroatoms. The van der Waals surface area contributed by atoms with Crippen molar-refractivity contribution in [1.82, 2.24) is 15.1 Å². The highest BCUT2D eigenvalue weighted by molar-refractivity contribution is 8.00. The van der Waals surface area contributed by atoms with Crippen LogP contribution in [0.15, 0.2) is 42.5 Å². The van der Waals surface area contributed by atoms with Gasteiger partial charge >= 0.3 is 0 Å². The lowest BCUT2D eigenvalue weighted by Crippen LogP contribution is -2.44. The van der Waals surface area contributed by atoms with Crippen molar-refractivity contribution in [3.8, 4) is 22.9 Å². The molecule has 0 saturated heterocycles. The van der Waals surface area contributed by atoms with Gasteiger partial charge in [0.15, 0.2) is 11.5 Å². The number of anilines is 1. The van der Waals surface area contributed by atoms with Gasteiger partial charge in [-0.1, -0.05) is 33.8 Å². The van der Waals surface area contributed by atoms with Crippen LogP contribution in [-0.2, 0) is 15.0 Å². The molecule has 41 heavy (non-hydrogen) atoms. The Labute approximate surface area is 246 Å². The SMILES string of the molecule is CC[C@@H](C)NC(=O)CN1C(=O)CS[C@@H](c2ccc(OC)c(OC)c2)c2c(C(C)(C)C)nn(-c3ccc(OC)cc3)c21. The molecular formula is C31H40N4O5S. The van der Waals surface area contributed by atoms with Gasteiger partial charge in [-0.3, -0.25) is 14.5 Å². The summed E-state index contributed by atoms with van der Waals surface area (Å²) in [6.07, 6.45) is 0.792. The van der Waals surface area contributed by atoms with E-state index in [-0.39, 0.29) is 40.8 Å². The predicted molar refractivity (Wildman–Crippen MR) is 163 cm³/mol. The summed E-state index contributed by atoms with van der Waals surface area (Å²) in [5.74, 6) is 2.35. The summed E-state index contributed by atoms with van der Waals surface area (Å²) in [5.41, 5.74) is 3.09. The molecular weight excluding hydrogens is 540 g/mol. The Hall–Kier alpha value is -3.66. The summed E-state index contributed by atoms with van der Waals surface area (Å²) >= 11 is 1.52. The second-order valence-electron chi connectivity index (χ2n) is 11.1. The molecule has 4 rings (SSSR count). The van der Waals surface area contributed by atoms with Gasteiger partial charge in [0.1, 0.15) is 18.1 Å². The number of carbonyl (C=O) groups excluding carboxylic acids is 2. The molecule has 0 aliphatic carbocycles. The summed E-state index contributed by atoms with van der Waals surface area (Å²) < 4.78 is 18.3. The Morgan fingerprint density at radius 1 is 1.07 bits per heavy atom. The van der Waals surface area contributed by atoms with Crippen molar-refractivity contribution in [2.24, 2.45) is 0 Å². The van der Waals surface area contributed by atoms with Crippen LogP contribution in [0.4, 0.5) is 5.82 Å². The number of ether oxygens (including phenoxy) is 3. The van der Waals surface area contributed by atoms with E-state index >= 15 is 0 Å².